The Morgan fingerprint density at radius 2 is 2.25 bits per heavy atom. The maximum absolute atomic E-state index is 12.7. The van der Waals surface area contributed by atoms with Crippen molar-refractivity contribution in [2.24, 2.45) is 0 Å². The van der Waals surface area contributed by atoms with Crippen molar-refractivity contribution in [3.05, 3.63) is 29.3 Å². The third kappa shape index (κ3) is 3.12. The Balaban J connectivity index is 2.19. The summed E-state index contributed by atoms with van der Waals surface area (Å²) in [5, 5.41) is 13.5. The molecule has 0 bridgehead atoms. The monoisotopic (exact) mass is 276 g/mol. The highest BCUT2D eigenvalue weighted by molar-refractivity contribution is 5.97. The SMILES string of the molecule is Cc1cccc(C(=O)N(CC2CCCN2)C(C)C)c1O. The van der Waals surface area contributed by atoms with Crippen LogP contribution in [-0.4, -0.2) is 41.1 Å². The lowest BCUT2D eigenvalue weighted by Crippen LogP contribution is -2.44. The molecule has 1 aliphatic rings. The molecular formula is C16H24N2O2. The van der Waals surface area contributed by atoms with Gasteiger partial charge in [-0.05, 0) is 51.8 Å². The van der Waals surface area contributed by atoms with Crippen LogP contribution < -0.4 is 5.32 Å². The van der Waals surface area contributed by atoms with Crippen molar-refractivity contribution in [2.45, 2.75) is 45.7 Å². The van der Waals surface area contributed by atoms with Gasteiger partial charge in [0.15, 0.2) is 0 Å². The average molecular weight is 276 g/mol. The van der Waals surface area contributed by atoms with Gasteiger partial charge in [0, 0.05) is 18.6 Å². The number of hydrogen-bond donors (Lipinski definition) is 2. The Morgan fingerprint density at radius 1 is 1.50 bits per heavy atom. The molecule has 2 rings (SSSR count). The molecule has 0 spiro atoms. The number of phenolic OH excluding ortho intramolecular Hbond substituents is 1. The van der Waals surface area contributed by atoms with Gasteiger partial charge in [0.2, 0.25) is 0 Å². The molecule has 1 aromatic carbocycles. The van der Waals surface area contributed by atoms with E-state index in [1.165, 1.54) is 6.42 Å². The number of benzene rings is 1. The number of phenols is 1. The summed E-state index contributed by atoms with van der Waals surface area (Å²) in [7, 11) is 0. The molecule has 4 heteroatoms. The Morgan fingerprint density at radius 3 is 2.85 bits per heavy atom. The number of carbonyl (C=O) groups is 1. The second-order valence-electron chi connectivity index (χ2n) is 5.82. The summed E-state index contributed by atoms with van der Waals surface area (Å²) < 4.78 is 0. The zero-order valence-electron chi connectivity index (χ0n) is 12.5. The van der Waals surface area contributed by atoms with E-state index in [4.69, 9.17) is 0 Å². The molecule has 20 heavy (non-hydrogen) atoms. The van der Waals surface area contributed by atoms with E-state index in [0.717, 1.165) is 18.5 Å². The van der Waals surface area contributed by atoms with Crippen molar-refractivity contribution >= 4 is 5.91 Å². The molecular weight excluding hydrogens is 252 g/mol. The fraction of sp³-hybridized carbons (Fsp3) is 0.562. The summed E-state index contributed by atoms with van der Waals surface area (Å²) in [5.41, 5.74) is 1.13. The van der Waals surface area contributed by atoms with E-state index in [2.05, 4.69) is 5.32 Å². The second kappa shape index (κ2) is 6.27. The van der Waals surface area contributed by atoms with Crippen LogP contribution in [-0.2, 0) is 0 Å². The minimum atomic E-state index is -0.0881. The van der Waals surface area contributed by atoms with Crippen molar-refractivity contribution in [3.8, 4) is 5.75 Å². The highest BCUT2D eigenvalue weighted by Crippen LogP contribution is 2.24. The predicted molar refractivity (Wildman–Crippen MR) is 80.0 cm³/mol. The summed E-state index contributed by atoms with van der Waals surface area (Å²) >= 11 is 0. The number of rotatable bonds is 4. The van der Waals surface area contributed by atoms with E-state index in [0.29, 0.717) is 18.2 Å². The van der Waals surface area contributed by atoms with Gasteiger partial charge in [-0.25, -0.2) is 0 Å². The first-order chi connectivity index (χ1) is 9.50. The minimum Gasteiger partial charge on any atom is -0.507 e. The zero-order chi connectivity index (χ0) is 14.7. The number of carbonyl (C=O) groups excluding carboxylic acids is 1. The lowest BCUT2D eigenvalue weighted by atomic mass is 10.1. The van der Waals surface area contributed by atoms with Crippen LogP contribution in [0.5, 0.6) is 5.75 Å². The van der Waals surface area contributed by atoms with Gasteiger partial charge in [0.1, 0.15) is 5.75 Å². The predicted octanol–water partition coefficient (Wildman–Crippen LogP) is 2.30. The molecule has 1 atom stereocenters. The van der Waals surface area contributed by atoms with E-state index in [1.807, 2.05) is 37.8 Å². The normalized spacial score (nSPS) is 18.5. The number of nitrogens with zero attached hydrogens (tertiary/aromatic N) is 1. The summed E-state index contributed by atoms with van der Waals surface area (Å²) in [5.74, 6) is 0.0115. The van der Waals surface area contributed by atoms with Crippen LogP contribution in [0.1, 0.15) is 42.6 Å². The molecule has 110 valence electrons. The van der Waals surface area contributed by atoms with E-state index in [9.17, 15) is 9.90 Å². The molecule has 0 aliphatic carbocycles. The molecule has 1 fully saturated rings. The topological polar surface area (TPSA) is 52.6 Å². The first-order valence-electron chi connectivity index (χ1n) is 7.33. The van der Waals surface area contributed by atoms with Gasteiger partial charge < -0.3 is 15.3 Å². The quantitative estimate of drug-likeness (QED) is 0.887. The number of aryl methyl sites for hydroxylation is 1. The van der Waals surface area contributed by atoms with Crippen LogP contribution in [0.15, 0.2) is 18.2 Å². The summed E-state index contributed by atoms with van der Waals surface area (Å²) in [6, 6.07) is 5.80. The first-order valence-corrected chi connectivity index (χ1v) is 7.33. The molecule has 0 saturated carbocycles. The average Bonchev–Trinajstić information content (AvgIpc) is 2.91. The van der Waals surface area contributed by atoms with Gasteiger partial charge >= 0.3 is 0 Å². The van der Waals surface area contributed by atoms with Crippen molar-refractivity contribution < 1.29 is 9.90 Å². The lowest BCUT2D eigenvalue weighted by molar-refractivity contribution is 0.0686. The van der Waals surface area contributed by atoms with Crippen LogP contribution in [0.2, 0.25) is 0 Å². The van der Waals surface area contributed by atoms with Crippen molar-refractivity contribution in [1.82, 2.24) is 10.2 Å². The van der Waals surface area contributed by atoms with E-state index < -0.39 is 0 Å². The molecule has 1 saturated heterocycles. The molecule has 0 radical (unpaired) electrons. The van der Waals surface area contributed by atoms with Crippen LogP contribution >= 0.6 is 0 Å². The largest absolute Gasteiger partial charge is 0.507 e. The van der Waals surface area contributed by atoms with E-state index in [-0.39, 0.29) is 17.7 Å². The van der Waals surface area contributed by atoms with Gasteiger partial charge in [-0.1, -0.05) is 12.1 Å². The number of amides is 1. The summed E-state index contributed by atoms with van der Waals surface area (Å²) in [4.78, 5) is 14.5. The molecule has 2 N–H and O–H groups in total. The molecule has 0 aromatic heterocycles. The fourth-order valence-electron chi connectivity index (χ4n) is 2.66. The molecule has 1 heterocycles. The molecule has 1 aromatic rings. The number of para-hydroxylation sites is 1. The first kappa shape index (κ1) is 14.9. The summed E-state index contributed by atoms with van der Waals surface area (Å²) in [6.45, 7) is 7.56. The number of hydrogen-bond acceptors (Lipinski definition) is 3. The smallest absolute Gasteiger partial charge is 0.257 e. The fourth-order valence-corrected chi connectivity index (χ4v) is 2.66. The third-order valence-electron chi connectivity index (χ3n) is 3.93. The standard InChI is InChI=1S/C16H24N2O2/c1-11(2)18(10-13-7-5-9-17-13)16(20)14-8-4-6-12(3)15(14)19/h4,6,8,11,13,17,19H,5,7,9-10H2,1-3H3. The van der Waals surface area contributed by atoms with Gasteiger partial charge in [0.25, 0.3) is 5.91 Å². The van der Waals surface area contributed by atoms with Gasteiger partial charge in [0.05, 0.1) is 5.56 Å². The Hall–Kier alpha value is -1.55. The maximum Gasteiger partial charge on any atom is 0.257 e. The second-order valence-corrected chi connectivity index (χ2v) is 5.82. The molecule has 4 nitrogen and oxygen atoms in total. The molecule has 1 amide bonds. The van der Waals surface area contributed by atoms with Crippen LogP contribution in [0.4, 0.5) is 0 Å². The Bertz CT molecular complexity index is 479. The van der Waals surface area contributed by atoms with E-state index in [1.54, 1.807) is 6.07 Å². The van der Waals surface area contributed by atoms with Gasteiger partial charge in [-0.2, -0.15) is 0 Å². The van der Waals surface area contributed by atoms with Crippen molar-refractivity contribution in [3.63, 3.8) is 0 Å². The van der Waals surface area contributed by atoms with Gasteiger partial charge in [-0.15, -0.1) is 0 Å². The summed E-state index contributed by atoms with van der Waals surface area (Å²) in [6.07, 6.45) is 2.27. The zero-order valence-corrected chi connectivity index (χ0v) is 12.5. The molecule has 1 unspecified atom stereocenters. The van der Waals surface area contributed by atoms with Gasteiger partial charge in [-0.3, -0.25) is 4.79 Å². The number of aromatic hydroxyl groups is 1. The Labute approximate surface area is 120 Å². The Kier molecular flexibility index (Phi) is 4.65. The van der Waals surface area contributed by atoms with Crippen LogP contribution in [0.3, 0.4) is 0 Å². The number of nitrogens with one attached hydrogen (secondary N) is 1. The highest BCUT2D eigenvalue weighted by atomic mass is 16.3. The van der Waals surface area contributed by atoms with E-state index >= 15 is 0 Å². The molecule has 1 aliphatic heterocycles. The van der Waals surface area contributed by atoms with Crippen LogP contribution in [0, 0.1) is 6.92 Å². The highest BCUT2D eigenvalue weighted by Gasteiger charge is 2.26. The minimum absolute atomic E-state index is 0.0881. The van der Waals surface area contributed by atoms with Crippen LogP contribution in [0.25, 0.3) is 0 Å². The van der Waals surface area contributed by atoms with Crippen molar-refractivity contribution in [1.29, 1.82) is 0 Å². The maximum atomic E-state index is 12.7. The lowest BCUT2D eigenvalue weighted by Gasteiger charge is -2.30. The van der Waals surface area contributed by atoms with Crippen molar-refractivity contribution in [2.75, 3.05) is 13.1 Å². The third-order valence-corrected chi connectivity index (χ3v) is 3.93.